The predicted octanol–water partition coefficient (Wildman–Crippen LogP) is 2.76. The highest BCUT2D eigenvalue weighted by molar-refractivity contribution is 6.00. The lowest BCUT2D eigenvalue weighted by molar-refractivity contribution is -0.143. The van der Waals surface area contributed by atoms with Crippen molar-refractivity contribution in [3.05, 3.63) is 107 Å². The summed E-state index contributed by atoms with van der Waals surface area (Å²) in [7, 11) is 0. The highest BCUT2D eigenvalue weighted by atomic mass is 16.6. The first kappa shape index (κ1) is 27.3. The van der Waals surface area contributed by atoms with Gasteiger partial charge in [-0.05, 0) is 29.3 Å². The fourth-order valence-corrected chi connectivity index (χ4v) is 3.86. The Morgan fingerprint density at radius 1 is 0.667 bits per heavy atom. The Morgan fingerprint density at radius 2 is 1.23 bits per heavy atom. The molecule has 1 saturated heterocycles. The van der Waals surface area contributed by atoms with Crippen molar-refractivity contribution in [3.8, 4) is 0 Å². The first-order valence-corrected chi connectivity index (χ1v) is 12.6. The van der Waals surface area contributed by atoms with Crippen LogP contribution in [0.25, 0.3) is 0 Å². The SMILES string of the molecule is O=C(CNC(=O)c1cccc(C(=O)NN2CCN(C(=O)OCc3ccccc3)CC2)c1)OCc1ccccc1. The standard InChI is InChI=1S/C29H30N4O6/c34-26(38-20-22-8-3-1-4-9-22)19-30-27(35)24-12-7-13-25(18-24)28(36)31-33-16-14-32(15-17-33)29(37)39-21-23-10-5-2-6-11-23/h1-13,18H,14-17,19-21H2,(H,30,35)(H,31,36). The average molecular weight is 531 g/mol. The number of carbonyl (C=O) groups excluding carboxylic acids is 4. The van der Waals surface area contributed by atoms with Crippen LogP contribution in [0, 0.1) is 0 Å². The zero-order valence-corrected chi connectivity index (χ0v) is 21.4. The Balaban J connectivity index is 1.19. The molecule has 4 rings (SSSR count). The summed E-state index contributed by atoms with van der Waals surface area (Å²) in [5.74, 6) is -1.44. The van der Waals surface area contributed by atoms with E-state index in [0.29, 0.717) is 31.7 Å². The van der Waals surface area contributed by atoms with Crippen molar-refractivity contribution in [1.29, 1.82) is 0 Å². The Hall–Kier alpha value is -4.70. The number of hydrazine groups is 1. The van der Waals surface area contributed by atoms with E-state index < -0.39 is 18.0 Å². The monoisotopic (exact) mass is 530 g/mol. The van der Waals surface area contributed by atoms with Crippen LogP contribution in [0.2, 0.25) is 0 Å². The van der Waals surface area contributed by atoms with E-state index in [9.17, 15) is 19.2 Å². The quantitative estimate of drug-likeness (QED) is 0.409. The Kier molecular flexibility index (Phi) is 9.63. The van der Waals surface area contributed by atoms with E-state index in [2.05, 4.69) is 10.7 Å². The molecule has 0 spiro atoms. The molecular weight excluding hydrogens is 500 g/mol. The number of esters is 1. The summed E-state index contributed by atoms with van der Waals surface area (Å²) in [5, 5.41) is 4.23. The van der Waals surface area contributed by atoms with Gasteiger partial charge in [0.1, 0.15) is 19.8 Å². The third-order valence-corrected chi connectivity index (χ3v) is 6.03. The van der Waals surface area contributed by atoms with Crippen molar-refractivity contribution in [2.45, 2.75) is 13.2 Å². The van der Waals surface area contributed by atoms with E-state index in [1.807, 2.05) is 60.7 Å². The number of hydrogen-bond acceptors (Lipinski definition) is 7. The van der Waals surface area contributed by atoms with Crippen LogP contribution in [0.15, 0.2) is 84.9 Å². The van der Waals surface area contributed by atoms with E-state index in [0.717, 1.165) is 11.1 Å². The maximum absolute atomic E-state index is 12.8. The van der Waals surface area contributed by atoms with Crippen LogP contribution < -0.4 is 10.7 Å². The molecule has 0 bridgehead atoms. The lowest BCUT2D eigenvalue weighted by Crippen LogP contribution is -2.54. The summed E-state index contributed by atoms with van der Waals surface area (Å²) in [6, 6.07) is 24.9. The molecular formula is C29H30N4O6. The third-order valence-electron chi connectivity index (χ3n) is 6.03. The molecule has 1 heterocycles. The van der Waals surface area contributed by atoms with Gasteiger partial charge >= 0.3 is 12.1 Å². The molecule has 3 aromatic carbocycles. The van der Waals surface area contributed by atoms with Crippen molar-refractivity contribution in [1.82, 2.24) is 20.7 Å². The fourth-order valence-electron chi connectivity index (χ4n) is 3.86. The Labute approximate surface area is 226 Å². The van der Waals surface area contributed by atoms with Crippen molar-refractivity contribution in [2.75, 3.05) is 32.7 Å². The summed E-state index contributed by atoms with van der Waals surface area (Å²) < 4.78 is 10.5. The molecule has 10 nitrogen and oxygen atoms in total. The molecule has 10 heteroatoms. The molecule has 202 valence electrons. The molecule has 0 saturated carbocycles. The number of nitrogens with zero attached hydrogens (tertiary/aromatic N) is 2. The van der Waals surface area contributed by atoms with Gasteiger partial charge in [0.15, 0.2) is 0 Å². The van der Waals surface area contributed by atoms with Crippen molar-refractivity contribution in [2.24, 2.45) is 0 Å². The summed E-state index contributed by atoms with van der Waals surface area (Å²) >= 11 is 0. The summed E-state index contributed by atoms with van der Waals surface area (Å²) in [6.45, 7) is 1.69. The van der Waals surface area contributed by atoms with Crippen LogP contribution >= 0.6 is 0 Å². The molecule has 3 aromatic rings. The second-order valence-electron chi connectivity index (χ2n) is 8.86. The third kappa shape index (κ3) is 8.41. The second kappa shape index (κ2) is 13.7. The minimum absolute atomic E-state index is 0.119. The van der Waals surface area contributed by atoms with Crippen LogP contribution in [-0.4, -0.2) is 66.5 Å². The lowest BCUT2D eigenvalue weighted by atomic mass is 10.1. The van der Waals surface area contributed by atoms with Crippen LogP contribution in [0.3, 0.4) is 0 Å². The average Bonchev–Trinajstić information content (AvgIpc) is 2.99. The van der Waals surface area contributed by atoms with Gasteiger partial charge in [-0.3, -0.25) is 19.8 Å². The molecule has 0 unspecified atom stereocenters. The van der Waals surface area contributed by atoms with E-state index in [1.165, 1.54) is 6.07 Å². The second-order valence-corrected chi connectivity index (χ2v) is 8.86. The highest BCUT2D eigenvalue weighted by Crippen LogP contribution is 2.09. The van der Waals surface area contributed by atoms with Crippen molar-refractivity contribution >= 4 is 23.9 Å². The molecule has 2 N–H and O–H groups in total. The van der Waals surface area contributed by atoms with Gasteiger partial charge in [-0.25, -0.2) is 9.80 Å². The van der Waals surface area contributed by atoms with Gasteiger partial charge in [0.2, 0.25) is 0 Å². The van der Waals surface area contributed by atoms with Crippen molar-refractivity contribution in [3.63, 3.8) is 0 Å². The lowest BCUT2D eigenvalue weighted by Gasteiger charge is -2.34. The number of nitrogens with one attached hydrogen (secondary N) is 2. The number of amides is 3. The van der Waals surface area contributed by atoms with Gasteiger partial charge in [0, 0.05) is 37.3 Å². The maximum atomic E-state index is 12.8. The van der Waals surface area contributed by atoms with Gasteiger partial charge in [0.25, 0.3) is 11.8 Å². The van der Waals surface area contributed by atoms with Gasteiger partial charge in [0.05, 0.1) is 0 Å². The molecule has 0 atom stereocenters. The topological polar surface area (TPSA) is 117 Å². The predicted molar refractivity (Wildman–Crippen MR) is 142 cm³/mol. The number of rotatable bonds is 9. The fraction of sp³-hybridized carbons (Fsp3) is 0.241. The minimum Gasteiger partial charge on any atom is -0.460 e. The van der Waals surface area contributed by atoms with E-state index in [4.69, 9.17) is 9.47 Å². The number of ether oxygens (including phenoxy) is 2. The molecule has 1 fully saturated rings. The van der Waals surface area contributed by atoms with Crippen LogP contribution in [0.5, 0.6) is 0 Å². The largest absolute Gasteiger partial charge is 0.460 e. The molecule has 39 heavy (non-hydrogen) atoms. The summed E-state index contributed by atoms with van der Waals surface area (Å²) in [5.41, 5.74) is 5.10. The first-order chi connectivity index (χ1) is 19.0. The molecule has 0 radical (unpaired) electrons. The molecule has 0 aliphatic carbocycles. The zero-order valence-electron chi connectivity index (χ0n) is 21.4. The van der Waals surface area contributed by atoms with E-state index in [1.54, 1.807) is 28.1 Å². The van der Waals surface area contributed by atoms with Crippen LogP contribution in [0.1, 0.15) is 31.8 Å². The van der Waals surface area contributed by atoms with Gasteiger partial charge in [-0.15, -0.1) is 0 Å². The minimum atomic E-state index is -0.566. The molecule has 0 aromatic heterocycles. The first-order valence-electron chi connectivity index (χ1n) is 12.6. The zero-order chi connectivity index (χ0) is 27.5. The smallest absolute Gasteiger partial charge is 0.410 e. The number of benzene rings is 3. The molecule has 3 amide bonds. The summed E-state index contributed by atoms with van der Waals surface area (Å²) in [4.78, 5) is 51.2. The Morgan fingerprint density at radius 3 is 1.85 bits per heavy atom. The van der Waals surface area contributed by atoms with E-state index in [-0.39, 0.29) is 31.2 Å². The number of piperazine rings is 1. The van der Waals surface area contributed by atoms with Gasteiger partial charge in [-0.2, -0.15) is 0 Å². The highest BCUT2D eigenvalue weighted by Gasteiger charge is 2.23. The van der Waals surface area contributed by atoms with Crippen LogP contribution in [-0.2, 0) is 27.5 Å². The van der Waals surface area contributed by atoms with Crippen molar-refractivity contribution < 1.29 is 28.7 Å². The molecule has 1 aliphatic rings. The normalized spacial score (nSPS) is 13.3. The van der Waals surface area contributed by atoms with Gasteiger partial charge < -0.3 is 19.7 Å². The molecule has 1 aliphatic heterocycles. The van der Waals surface area contributed by atoms with Gasteiger partial charge in [-0.1, -0.05) is 66.7 Å². The Bertz CT molecular complexity index is 1280. The maximum Gasteiger partial charge on any atom is 0.410 e. The summed E-state index contributed by atoms with van der Waals surface area (Å²) in [6.07, 6.45) is -0.396. The van der Waals surface area contributed by atoms with E-state index >= 15 is 0 Å². The number of carbonyl (C=O) groups is 4. The van der Waals surface area contributed by atoms with Crippen LogP contribution in [0.4, 0.5) is 4.79 Å². The number of hydrogen-bond donors (Lipinski definition) is 2.